The van der Waals surface area contributed by atoms with Crippen molar-refractivity contribution in [1.29, 1.82) is 0 Å². The molecule has 2 bridgehead atoms. The topological polar surface area (TPSA) is 21.6 Å². The molecule has 0 fully saturated rings. The van der Waals surface area contributed by atoms with Crippen LogP contribution >= 0.6 is 0 Å². The predicted molar refractivity (Wildman–Crippen MR) is 95.8 cm³/mol. The lowest BCUT2D eigenvalue weighted by atomic mass is 9.87. The number of hydrogen-bond acceptors (Lipinski definition) is 2. The van der Waals surface area contributed by atoms with Crippen molar-refractivity contribution in [3.63, 3.8) is 0 Å². The van der Waals surface area contributed by atoms with E-state index in [1.807, 2.05) is 6.07 Å². The van der Waals surface area contributed by atoms with Crippen molar-refractivity contribution < 1.29 is 4.74 Å². The summed E-state index contributed by atoms with van der Waals surface area (Å²) in [6.07, 6.45) is -0.149. The zero-order chi connectivity index (χ0) is 16.1. The van der Waals surface area contributed by atoms with Crippen molar-refractivity contribution >= 4 is 5.71 Å². The monoisotopic (exact) mass is 311 g/mol. The Morgan fingerprint density at radius 1 is 0.750 bits per heavy atom. The van der Waals surface area contributed by atoms with Gasteiger partial charge in [0.2, 0.25) is 0 Å². The van der Waals surface area contributed by atoms with Crippen molar-refractivity contribution in [1.82, 2.24) is 0 Å². The van der Waals surface area contributed by atoms with Gasteiger partial charge >= 0.3 is 0 Å². The van der Waals surface area contributed by atoms with E-state index in [1.54, 1.807) is 0 Å². The van der Waals surface area contributed by atoms with Gasteiger partial charge in [0, 0.05) is 11.1 Å². The first kappa shape index (κ1) is 13.6. The number of para-hydroxylation sites is 1. The fourth-order valence-corrected chi connectivity index (χ4v) is 3.67. The van der Waals surface area contributed by atoms with Gasteiger partial charge in [0.25, 0.3) is 0 Å². The van der Waals surface area contributed by atoms with E-state index >= 15 is 0 Å². The van der Waals surface area contributed by atoms with Gasteiger partial charge in [0.05, 0.1) is 5.71 Å². The van der Waals surface area contributed by atoms with E-state index in [-0.39, 0.29) is 12.1 Å². The van der Waals surface area contributed by atoms with Crippen LogP contribution in [0.3, 0.4) is 0 Å². The van der Waals surface area contributed by atoms with Gasteiger partial charge in [0.1, 0.15) is 11.8 Å². The first-order valence-electron chi connectivity index (χ1n) is 8.30. The molecule has 3 aromatic rings. The van der Waals surface area contributed by atoms with E-state index in [9.17, 15) is 0 Å². The highest BCUT2D eigenvalue weighted by Gasteiger charge is 2.37. The minimum atomic E-state index is -0.149. The van der Waals surface area contributed by atoms with Crippen molar-refractivity contribution in [2.75, 3.05) is 0 Å². The van der Waals surface area contributed by atoms with Gasteiger partial charge in [-0.05, 0) is 24.1 Å². The lowest BCUT2D eigenvalue weighted by Gasteiger charge is -2.26. The van der Waals surface area contributed by atoms with Crippen molar-refractivity contribution in [3.05, 3.63) is 101 Å². The first-order valence-corrected chi connectivity index (χ1v) is 8.30. The zero-order valence-electron chi connectivity index (χ0n) is 13.4. The van der Waals surface area contributed by atoms with Crippen LogP contribution in [-0.2, 0) is 0 Å². The quantitative estimate of drug-likeness (QED) is 0.618. The van der Waals surface area contributed by atoms with Crippen LogP contribution in [0, 0.1) is 6.92 Å². The standard InChI is InChI=1S/C22H17NO/c1-14-10-12-15(13-11-14)20-22-17-7-3-2-6-16(17)21(23-20)18-8-4-5-9-19(18)24-22/h2-13,21-22H,1H3/t21-,22-/m1/s1. The molecule has 2 atom stereocenters. The maximum absolute atomic E-state index is 6.44. The number of ether oxygens (including phenoxy) is 1. The largest absolute Gasteiger partial charge is 0.479 e. The van der Waals surface area contributed by atoms with E-state index in [0.717, 1.165) is 22.6 Å². The smallest absolute Gasteiger partial charge is 0.166 e. The average Bonchev–Trinajstić information content (AvgIpc) is 2.88. The summed E-state index contributed by atoms with van der Waals surface area (Å²) in [6, 6.07) is 25.3. The van der Waals surface area contributed by atoms with Crippen LogP contribution in [-0.4, -0.2) is 5.71 Å². The van der Waals surface area contributed by atoms with Gasteiger partial charge < -0.3 is 4.74 Å². The molecule has 6 rings (SSSR count). The number of aryl methyl sites for hydroxylation is 1. The summed E-state index contributed by atoms with van der Waals surface area (Å²) in [5.41, 5.74) is 7.04. The Morgan fingerprint density at radius 3 is 2.21 bits per heavy atom. The minimum Gasteiger partial charge on any atom is -0.479 e. The second kappa shape index (κ2) is 5.07. The van der Waals surface area contributed by atoms with Gasteiger partial charge in [-0.3, -0.25) is 4.99 Å². The molecule has 0 aromatic heterocycles. The van der Waals surface area contributed by atoms with Crippen molar-refractivity contribution in [2.24, 2.45) is 4.99 Å². The molecule has 0 N–H and O–H groups in total. The first-order chi connectivity index (χ1) is 11.8. The molecule has 3 aromatic carbocycles. The number of hydrogen-bond donors (Lipinski definition) is 0. The molecule has 0 unspecified atom stereocenters. The molecule has 24 heavy (non-hydrogen) atoms. The Balaban J connectivity index is 1.75. The maximum Gasteiger partial charge on any atom is 0.166 e. The summed E-state index contributed by atoms with van der Waals surface area (Å²) < 4.78 is 6.44. The zero-order valence-corrected chi connectivity index (χ0v) is 13.4. The summed E-state index contributed by atoms with van der Waals surface area (Å²) in [4.78, 5) is 5.12. The Labute approximate surface area is 141 Å². The van der Waals surface area contributed by atoms with Crippen LogP contribution in [0.4, 0.5) is 0 Å². The summed E-state index contributed by atoms with van der Waals surface area (Å²) in [5, 5.41) is 0. The molecule has 0 saturated carbocycles. The number of nitrogens with zero attached hydrogens (tertiary/aromatic N) is 1. The lowest BCUT2D eigenvalue weighted by Crippen LogP contribution is -2.24. The number of benzene rings is 3. The van der Waals surface area contributed by atoms with Crippen molar-refractivity contribution in [2.45, 2.75) is 19.1 Å². The molecule has 116 valence electrons. The van der Waals surface area contributed by atoms with E-state index in [0.29, 0.717) is 0 Å². The molecule has 2 heteroatoms. The van der Waals surface area contributed by atoms with E-state index in [1.165, 1.54) is 16.7 Å². The third-order valence-corrected chi connectivity index (χ3v) is 4.90. The van der Waals surface area contributed by atoms with Crippen LogP contribution in [0.25, 0.3) is 0 Å². The van der Waals surface area contributed by atoms with E-state index in [2.05, 4.69) is 73.7 Å². The van der Waals surface area contributed by atoms with Gasteiger partial charge in [-0.1, -0.05) is 72.3 Å². The molecule has 0 spiro atoms. The maximum atomic E-state index is 6.44. The fraction of sp³-hybridized carbons (Fsp3) is 0.136. The normalized spacial score (nSPS) is 20.5. The third-order valence-electron chi connectivity index (χ3n) is 4.90. The molecule has 3 aliphatic heterocycles. The molecule has 3 heterocycles. The molecule has 2 nitrogen and oxygen atoms in total. The van der Waals surface area contributed by atoms with Crippen LogP contribution in [0.1, 0.15) is 40.0 Å². The van der Waals surface area contributed by atoms with Crippen molar-refractivity contribution in [3.8, 4) is 5.75 Å². The van der Waals surface area contributed by atoms with E-state index < -0.39 is 0 Å². The highest BCUT2D eigenvalue weighted by atomic mass is 16.5. The Morgan fingerprint density at radius 2 is 1.42 bits per heavy atom. The average molecular weight is 311 g/mol. The van der Waals surface area contributed by atoms with Gasteiger partial charge in [0.15, 0.2) is 6.10 Å². The number of rotatable bonds is 1. The molecule has 0 radical (unpaired) electrons. The van der Waals surface area contributed by atoms with Crippen LogP contribution in [0.15, 0.2) is 77.8 Å². The molecule has 0 aliphatic carbocycles. The van der Waals surface area contributed by atoms with Gasteiger partial charge in [-0.25, -0.2) is 0 Å². The minimum absolute atomic E-state index is 0.00690. The summed E-state index contributed by atoms with van der Waals surface area (Å²) in [7, 11) is 0. The SMILES string of the molecule is Cc1ccc(C2=N[C@H]3c4ccccc4O[C@@H]2c2ccccc23)cc1. The second-order valence-electron chi connectivity index (χ2n) is 6.45. The highest BCUT2D eigenvalue weighted by molar-refractivity contribution is 6.06. The Kier molecular flexibility index (Phi) is 2.86. The van der Waals surface area contributed by atoms with Crippen LogP contribution in [0.5, 0.6) is 5.75 Å². The Bertz CT molecular complexity index is 945. The number of aliphatic imine (C=N–C) groups is 1. The lowest BCUT2D eigenvalue weighted by molar-refractivity contribution is 0.275. The molecule has 3 aliphatic rings. The third kappa shape index (κ3) is 1.93. The molecular formula is C22H17NO. The van der Waals surface area contributed by atoms with Gasteiger partial charge in [-0.15, -0.1) is 0 Å². The summed E-state index contributed by atoms with van der Waals surface area (Å²) in [5.74, 6) is 0.939. The Hall–Kier alpha value is -2.87. The summed E-state index contributed by atoms with van der Waals surface area (Å²) >= 11 is 0. The fourth-order valence-electron chi connectivity index (χ4n) is 3.67. The van der Waals surface area contributed by atoms with Crippen LogP contribution in [0.2, 0.25) is 0 Å². The predicted octanol–water partition coefficient (Wildman–Crippen LogP) is 5.02. The second-order valence-corrected chi connectivity index (χ2v) is 6.45. The summed E-state index contributed by atoms with van der Waals surface area (Å²) in [6.45, 7) is 2.10. The van der Waals surface area contributed by atoms with E-state index in [4.69, 9.17) is 9.73 Å². The molecular weight excluding hydrogens is 294 g/mol. The molecule has 0 amide bonds. The highest BCUT2D eigenvalue weighted by Crippen LogP contribution is 2.47. The van der Waals surface area contributed by atoms with Crippen LogP contribution < -0.4 is 4.74 Å². The van der Waals surface area contributed by atoms with Gasteiger partial charge in [-0.2, -0.15) is 0 Å². The molecule has 0 saturated heterocycles.